The lowest BCUT2D eigenvalue weighted by Crippen LogP contribution is -2.46. The third kappa shape index (κ3) is 7.57. The zero-order valence-electron chi connectivity index (χ0n) is 10.9. The second kappa shape index (κ2) is 7.89. The monoisotopic (exact) mass is 243 g/mol. The number of hydrogen-bond donors (Lipinski definition) is 4. The maximum absolute atomic E-state index is 11.8. The average molecular weight is 243 g/mol. The van der Waals surface area contributed by atoms with Crippen LogP contribution in [0.4, 0.5) is 0 Å². The minimum atomic E-state index is -0.511. The Kier molecular flexibility index (Phi) is 7.29. The van der Waals surface area contributed by atoms with E-state index in [1.807, 2.05) is 20.8 Å². The number of amides is 1. The van der Waals surface area contributed by atoms with Gasteiger partial charge in [-0.05, 0) is 18.8 Å². The molecule has 100 valence electrons. The molecule has 1 amide bonds. The number of rotatable bonds is 7. The number of nitrogens with two attached hydrogens (primary N) is 3. The molecule has 0 radical (unpaired) electrons. The molecule has 0 aromatic carbocycles. The van der Waals surface area contributed by atoms with Gasteiger partial charge in [0.1, 0.15) is 6.17 Å². The van der Waals surface area contributed by atoms with E-state index in [0.717, 1.165) is 6.42 Å². The van der Waals surface area contributed by atoms with Crippen LogP contribution in [0.2, 0.25) is 0 Å². The second-order valence-corrected chi connectivity index (χ2v) is 4.60. The lowest BCUT2D eigenvalue weighted by atomic mass is 10.0. The molecular weight excluding hydrogens is 218 g/mol. The summed E-state index contributed by atoms with van der Waals surface area (Å²) in [6.07, 6.45) is 1.84. The van der Waals surface area contributed by atoms with E-state index in [9.17, 15) is 4.79 Å². The van der Waals surface area contributed by atoms with Gasteiger partial charge in [0.15, 0.2) is 5.96 Å². The molecule has 0 bridgehead atoms. The van der Waals surface area contributed by atoms with Gasteiger partial charge < -0.3 is 22.5 Å². The molecule has 0 rings (SSSR count). The number of carbonyl (C=O) groups is 1. The highest BCUT2D eigenvalue weighted by molar-refractivity contribution is 5.82. The van der Waals surface area contributed by atoms with Crippen molar-refractivity contribution < 1.29 is 4.79 Å². The van der Waals surface area contributed by atoms with Crippen LogP contribution in [0.1, 0.15) is 40.0 Å². The molecule has 0 fully saturated rings. The van der Waals surface area contributed by atoms with E-state index in [1.54, 1.807) is 0 Å². The van der Waals surface area contributed by atoms with Gasteiger partial charge in [-0.3, -0.25) is 4.79 Å². The fourth-order valence-corrected chi connectivity index (χ4v) is 1.51. The highest BCUT2D eigenvalue weighted by Gasteiger charge is 2.18. The van der Waals surface area contributed by atoms with E-state index in [-0.39, 0.29) is 18.0 Å². The number of hydrogen-bond acceptors (Lipinski definition) is 3. The maximum atomic E-state index is 11.8. The van der Waals surface area contributed by atoms with Gasteiger partial charge in [0.25, 0.3) is 0 Å². The molecule has 0 aromatic heterocycles. The van der Waals surface area contributed by atoms with Crippen molar-refractivity contribution in [2.75, 3.05) is 0 Å². The number of nitrogens with one attached hydrogen (secondary N) is 1. The molecule has 17 heavy (non-hydrogen) atoms. The number of guanidine groups is 1. The summed E-state index contributed by atoms with van der Waals surface area (Å²) in [5.74, 6) is 0.145. The molecule has 0 aromatic rings. The molecule has 0 aliphatic rings. The Morgan fingerprint density at radius 1 is 1.35 bits per heavy atom. The summed E-state index contributed by atoms with van der Waals surface area (Å²) in [6, 6.07) is -0.511. The van der Waals surface area contributed by atoms with Gasteiger partial charge in [-0.1, -0.05) is 27.2 Å². The van der Waals surface area contributed by atoms with Crippen LogP contribution in [0.15, 0.2) is 4.99 Å². The van der Waals surface area contributed by atoms with E-state index >= 15 is 0 Å². The van der Waals surface area contributed by atoms with Crippen LogP contribution in [-0.4, -0.2) is 24.1 Å². The lowest BCUT2D eigenvalue weighted by molar-refractivity contribution is -0.123. The summed E-state index contributed by atoms with van der Waals surface area (Å²) in [4.78, 5) is 15.7. The zero-order valence-corrected chi connectivity index (χ0v) is 10.9. The quantitative estimate of drug-likeness (QED) is 0.368. The predicted molar refractivity (Wildman–Crippen MR) is 70.1 cm³/mol. The lowest BCUT2D eigenvalue weighted by Gasteiger charge is -2.18. The van der Waals surface area contributed by atoms with Crippen molar-refractivity contribution in [1.29, 1.82) is 0 Å². The molecule has 6 nitrogen and oxygen atoms in total. The molecule has 0 aliphatic carbocycles. The van der Waals surface area contributed by atoms with Gasteiger partial charge in [0, 0.05) is 0 Å². The van der Waals surface area contributed by atoms with Gasteiger partial charge in [-0.15, -0.1) is 0 Å². The summed E-state index contributed by atoms with van der Waals surface area (Å²) in [5.41, 5.74) is 16.4. The van der Waals surface area contributed by atoms with Crippen molar-refractivity contribution >= 4 is 11.9 Å². The SMILES string of the molecule is CCCC(N=C(N)N)NC(=O)[C@@H](N)CC(C)C. The first-order chi connectivity index (χ1) is 7.86. The Morgan fingerprint density at radius 2 is 1.94 bits per heavy atom. The van der Waals surface area contributed by atoms with Crippen molar-refractivity contribution in [3.63, 3.8) is 0 Å². The zero-order chi connectivity index (χ0) is 13.4. The van der Waals surface area contributed by atoms with Crippen molar-refractivity contribution in [1.82, 2.24) is 5.32 Å². The highest BCUT2D eigenvalue weighted by atomic mass is 16.2. The molecule has 0 saturated heterocycles. The maximum Gasteiger partial charge on any atom is 0.238 e. The molecule has 2 atom stereocenters. The van der Waals surface area contributed by atoms with Crippen molar-refractivity contribution in [2.45, 2.75) is 52.2 Å². The van der Waals surface area contributed by atoms with Crippen molar-refractivity contribution in [3.05, 3.63) is 0 Å². The van der Waals surface area contributed by atoms with Crippen LogP contribution >= 0.6 is 0 Å². The fourth-order valence-electron chi connectivity index (χ4n) is 1.51. The van der Waals surface area contributed by atoms with Crippen LogP contribution in [-0.2, 0) is 4.79 Å². The van der Waals surface area contributed by atoms with E-state index in [0.29, 0.717) is 18.8 Å². The van der Waals surface area contributed by atoms with E-state index in [2.05, 4.69) is 10.3 Å². The summed E-state index contributed by atoms with van der Waals surface area (Å²) in [7, 11) is 0. The Bertz CT molecular complexity index is 261. The molecule has 0 saturated carbocycles. The first kappa shape index (κ1) is 15.7. The average Bonchev–Trinajstić information content (AvgIpc) is 2.15. The molecular formula is C11H25N5O. The third-order valence-electron chi connectivity index (χ3n) is 2.24. The second-order valence-electron chi connectivity index (χ2n) is 4.60. The largest absolute Gasteiger partial charge is 0.370 e. The van der Waals surface area contributed by atoms with Gasteiger partial charge in [-0.2, -0.15) is 0 Å². The van der Waals surface area contributed by atoms with Crippen LogP contribution < -0.4 is 22.5 Å². The Morgan fingerprint density at radius 3 is 2.35 bits per heavy atom. The summed E-state index contributed by atoms with van der Waals surface area (Å²) < 4.78 is 0. The Labute approximate surface area is 103 Å². The molecule has 1 unspecified atom stereocenters. The number of nitrogens with zero attached hydrogens (tertiary/aromatic N) is 1. The minimum Gasteiger partial charge on any atom is -0.370 e. The first-order valence-electron chi connectivity index (χ1n) is 6.01. The van der Waals surface area contributed by atoms with Crippen molar-refractivity contribution in [3.8, 4) is 0 Å². The molecule has 6 heteroatoms. The van der Waals surface area contributed by atoms with Gasteiger partial charge in [0.2, 0.25) is 5.91 Å². The fraction of sp³-hybridized carbons (Fsp3) is 0.818. The standard InChI is InChI=1S/C11H25N5O/c1-4-5-9(16-11(13)14)15-10(17)8(12)6-7(2)3/h7-9H,4-6,12H2,1-3H3,(H,15,17)(H4,13,14,16)/t8-,9?/m0/s1. The Balaban J connectivity index is 4.34. The summed E-state index contributed by atoms with van der Waals surface area (Å²) >= 11 is 0. The smallest absolute Gasteiger partial charge is 0.238 e. The van der Waals surface area contributed by atoms with Gasteiger partial charge in [-0.25, -0.2) is 4.99 Å². The highest BCUT2D eigenvalue weighted by Crippen LogP contribution is 2.04. The van der Waals surface area contributed by atoms with Crippen LogP contribution in [0.25, 0.3) is 0 Å². The normalized spacial score (nSPS) is 14.2. The summed E-state index contributed by atoms with van der Waals surface area (Å²) in [6.45, 7) is 6.04. The van der Waals surface area contributed by atoms with Crippen LogP contribution in [0, 0.1) is 5.92 Å². The molecule has 0 aliphatic heterocycles. The Hall–Kier alpha value is -1.30. The molecule has 0 spiro atoms. The van der Waals surface area contributed by atoms with Gasteiger partial charge >= 0.3 is 0 Å². The summed E-state index contributed by atoms with van der Waals surface area (Å²) in [5, 5.41) is 2.74. The number of carbonyl (C=O) groups excluding carboxylic acids is 1. The predicted octanol–water partition coefficient (Wildman–Crippen LogP) is -0.124. The van der Waals surface area contributed by atoms with Gasteiger partial charge in [0.05, 0.1) is 6.04 Å². The molecule has 0 heterocycles. The van der Waals surface area contributed by atoms with Crippen LogP contribution in [0.3, 0.4) is 0 Å². The number of aliphatic imine (C=N–C) groups is 1. The topological polar surface area (TPSA) is 120 Å². The van der Waals surface area contributed by atoms with E-state index in [1.165, 1.54) is 0 Å². The molecule has 7 N–H and O–H groups in total. The van der Waals surface area contributed by atoms with E-state index < -0.39 is 6.04 Å². The van der Waals surface area contributed by atoms with E-state index in [4.69, 9.17) is 17.2 Å². The third-order valence-corrected chi connectivity index (χ3v) is 2.24. The first-order valence-corrected chi connectivity index (χ1v) is 6.01. The van der Waals surface area contributed by atoms with Crippen LogP contribution in [0.5, 0.6) is 0 Å². The minimum absolute atomic E-state index is 0.0267. The van der Waals surface area contributed by atoms with Crippen molar-refractivity contribution in [2.24, 2.45) is 28.1 Å².